The monoisotopic (exact) mass is 593 g/mol. The smallest absolute Gasteiger partial charge is 0.321 e. The average molecular weight is 594 g/mol. The van der Waals surface area contributed by atoms with Crippen molar-refractivity contribution in [2.45, 2.75) is 13.5 Å². The van der Waals surface area contributed by atoms with E-state index in [1.807, 2.05) is 30.3 Å². The molecule has 5 rings (SSSR count). The number of para-hydroxylation sites is 1. The van der Waals surface area contributed by atoms with Crippen LogP contribution in [0.4, 0.5) is 19.3 Å². The minimum Gasteiger partial charge on any atom is -0.360 e. The van der Waals surface area contributed by atoms with Crippen LogP contribution >= 0.6 is 11.6 Å². The molecule has 0 unspecified atom stereocenters. The highest BCUT2D eigenvalue weighted by molar-refractivity contribution is 6.33. The number of carbonyl (C=O) groups is 2. The number of hydrogen-bond acceptors (Lipinski definition) is 5. The summed E-state index contributed by atoms with van der Waals surface area (Å²) in [4.78, 5) is 32.2. The average Bonchev–Trinajstić information content (AvgIpc) is 3.37. The van der Waals surface area contributed by atoms with Crippen LogP contribution in [0, 0.1) is 18.6 Å². The van der Waals surface area contributed by atoms with Crippen LogP contribution in [0.25, 0.3) is 11.3 Å². The second-order valence-electron chi connectivity index (χ2n) is 10.0. The summed E-state index contributed by atoms with van der Waals surface area (Å²) in [6.45, 7) is 4.95. The first-order chi connectivity index (χ1) is 20.3. The van der Waals surface area contributed by atoms with Gasteiger partial charge in [0.15, 0.2) is 0 Å². The third-order valence-electron chi connectivity index (χ3n) is 7.22. The van der Waals surface area contributed by atoms with Gasteiger partial charge in [0, 0.05) is 51.5 Å². The zero-order chi connectivity index (χ0) is 29.6. The van der Waals surface area contributed by atoms with Gasteiger partial charge < -0.3 is 19.6 Å². The number of carbonyl (C=O) groups excluding carboxylic acids is 2. The third-order valence-corrected chi connectivity index (χ3v) is 7.54. The van der Waals surface area contributed by atoms with Gasteiger partial charge in [0.25, 0.3) is 5.91 Å². The van der Waals surface area contributed by atoms with Gasteiger partial charge in [-0.15, -0.1) is 0 Å². The highest BCUT2D eigenvalue weighted by Crippen LogP contribution is 2.34. The first-order valence-electron chi connectivity index (χ1n) is 13.6. The summed E-state index contributed by atoms with van der Waals surface area (Å²) in [7, 11) is 0. The van der Waals surface area contributed by atoms with Crippen molar-refractivity contribution in [2.24, 2.45) is 0 Å². The van der Waals surface area contributed by atoms with Crippen molar-refractivity contribution >= 4 is 29.2 Å². The summed E-state index contributed by atoms with van der Waals surface area (Å²) in [6, 6.07) is 19.3. The molecule has 2 heterocycles. The molecule has 0 bridgehead atoms. The van der Waals surface area contributed by atoms with Crippen LogP contribution in [0.2, 0.25) is 5.02 Å². The molecule has 0 aliphatic carbocycles. The standard InChI is InChI=1S/C31H30ClF2N5O3/c1-21-27(29(36-42-21)28-25(32)8-5-9-26(28)34)30(40)39(20-22-10-12-23(33)13-11-22)19-16-37-14-17-38(18-15-37)31(41)35-24-6-3-2-4-7-24/h2-13H,14-20H2,1H3,(H,35,41). The molecule has 0 spiro atoms. The molecule has 0 radical (unpaired) electrons. The van der Waals surface area contributed by atoms with Gasteiger partial charge in [-0.2, -0.15) is 0 Å². The summed E-state index contributed by atoms with van der Waals surface area (Å²) >= 11 is 6.29. The number of nitrogens with one attached hydrogen (secondary N) is 1. The Labute approximate surface area is 247 Å². The van der Waals surface area contributed by atoms with Crippen LogP contribution in [-0.4, -0.2) is 71.1 Å². The number of anilines is 1. The lowest BCUT2D eigenvalue weighted by Crippen LogP contribution is -2.51. The molecule has 0 saturated carbocycles. The van der Waals surface area contributed by atoms with E-state index in [-0.39, 0.29) is 46.0 Å². The van der Waals surface area contributed by atoms with Crippen LogP contribution in [0.1, 0.15) is 21.7 Å². The van der Waals surface area contributed by atoms with E-state index in [1.165, 1.54) is 30.3 Å². The Bertz CT molecular complexity index is 1520. The van der Waals surface area contributed by atoms with Gasteiger partial charge in [-0.3, -0.25) is 9.69 Å². The highest BCUT2D eigenvalue weighted by atomic mass is 35.5. The van der Waals surface area contributed by atoms with Crippen molar-refractivity contribution < 1.29 is 22.9 Å². The maximum atomic E-state index is 14.8. The molecule has 0 atom stereocenters. The fourth-order valence-corrected chi connectivity index (χ4v) is 5.15. The highest BCUT2D eigenvalue weighted by Gasteiger charge is 2.30. The Morgan fingerprint density at radius 2 is 1.69 bits per heavy atom. The minimum absolute atomic E-state index is 0.00833. The molecule has 1 saturated heterocycles. The number of rotatable bonds is 8. The molecule has 1 aromatic heterocycles. The fraction of sp³-hybridized carbons (Fsp3) is 0.258. The zero-order valence-electron chi connectivity index (χ0n) is 23.0. The van der Waals surface area contributed by atoms with E-state index in [0.717, 1.165) is 11.3 Å². The van der Waals surface area contributed by atoms with Crippen molar-refractivity contribution in [1.29, 1.82) is 0 Å². The van der Waals surface area contributed by atoms with Gasteiger partial charge in [-0.25, -0.2) is 13.6 Å². The lowest BCUT2D eigenvalue weighted by Gasteiger charge is -2.35. The summed E-state index contributed by atoms with van der Waals surface area (Å²) < 4.78 is 33.7. The first kappa shape index (κ1) is 29.2. The summed E-state index contributed by atoms with van der Waals surface area (Å²) in [6.07, 6.45) is 0. The Morgan fingerprint density at radius 1 is 0.976 bits per heavy atom. The van der Waals surface area contributed by atoms with Gasteiger partial charge in [-0.05, 0) is 48.9 Å². The van der Waals surface area contributed by atoms with Crippen molar-refractivity contribution in [3.05, 3.63) is 106 Å². The first-order valence-corrected chi connectivity index (χ1v) is 14.0. The largest absolute Gasteiger partial charge is 0.360 e. The summed E-state index contributed by atoms with van der Waals surface area (Å²) in [5.74, 6) is -1.17. The lowest BCUT2D eigenvalue weighted by molar-refractivity contribution is 0.0703. The van der Waals surface area contributed by atoms with Crippen molar-refractivity contribution in [3.63, 3.8) is 0 Å². The normalized spacial score (nSPS) is 13.7. The molecule has 3 aromatic carbocycles. The van der Waals surface area contributed by atoms with Gasteiger partial charge in [-0.1, -0.05) is 53.2 Å². The second-order valence-corrected chi connectivity index (χ2v) is 10.4. The van der Waals surface area contributed by atoms with E-state index in [2.05, 4.69) is 15.4 Å². The second kappa shape index (κ2) is 13.1. The fourth-order valence-electron chi connectivity index (χ4n) is 4.90. The number of piperazine rings is 1. The SMILES string of the molecule is Cc1onc(-c2c(F)cccc2Cl)c1C(=O)N(CCN1CCN(C(=O)Nc2ccccc2)CC1)Cc1ccc(F)cc1. The Hall–Kier alpha value is -4.28. The number of hydrogen-bond donors (Lipinski definition) is 1. The molecule has 1 aliphatic heterocycles. The Balaban J connectivity index is 1.30. The van der Waals surface area contributed by atoms with E-state index in [9.17, 15) is 18.4 Å². The maximum absolute atomic E-state index is 14.8. The van der Waals surface area contributed by atoms with E-state index in [1.54, 1.807) is 28.9 Å². The van der Waals surface area contributed by atoms with Gasteiger partial charge >= 0.3 is 6.03 Å². The molecule has 11 heteroatoms. The number of amides is 3. The van der Waals surface area contributed by atoms with Crippen LogP contribution in [-0.2, 0) is 6.54 Å². The van der Waals surface area contributed by atoms with Crippen LogP contribution < -0.4 is 5.32 Å². The number of aryl methyl sites for hydroxylation is 1. The van der Waals surface area contributed by atoms with Crippen LogP contribution in [0.15, 0.2) is 77.3 Å². The van der Waals surface area contributed by atoms with Crippen molar-refractivity contribution in [3.8, 4) is 11.3 Å². The summed E-state index contributed by atoms with van der Waals surface area (Å²) in [5, 5.41) is 7.00. The molecular formula is C31H30ClF2N5O3. The number of aromatic nitrogens is 1. The third kappa shape index (κ3) is 6.78. The van der Waals surface area contributed by atoms with Crippen molar-refractivity contribution in [1.82, 2.24) is 19.9 Å². The maximum Gasteiger partial charge on any atom is 0.321 e. The topological polar surface area (TPSA) is 81.9 Å². The van der Waals surface area contributed by atoms with Gasteiger partial charge in [0.2, 0.25) is 0 Å². The molecule has 8 nitrogen and oxygen atoms in total. The van der Waals surface area contributed by atoms with E-state index >= 15 is 0 Å². The minimum atomic E-state index is -0.621. The molecule has 4 aromatic rings. The molecule has 1 aliphatic rings. The number of halogens is 3. The lowest BCUT2D eigenvalue weighted by atomic mass is 10.0. The molecule has 1 fully saturated rings. The van der Waals surface area contributed by atoms with Crippen LogP contribution in [0.3, 0.4) is 0 Å². The number of benzene rings is 3. The Kier molecular flexibility index (Phi) is 9.14. The zero-order valence-corrected chi connectivity index (χ0v) is 23.8. The quantitative estimate of drug-likeness (QED) is 0.268. The molecule has 3 amide bonds. The number of urea groups is 1. The van der Waals surface area contributed by atoms with E-state index < -0.39 is 11.7 Å². The molecule has 42 heavy (non-hydrogen) atoms. The van der Waals surface area contributed by atoms with Gasteiger partial charge in [0.05, 0.1) is 10.6 Å². The Morgan fingerprint density at radius 3 is 2.38 bits per heavy atom. The molecule has 218 valence electrons. The molecule has 1 N–H and O–H groups in total. The van der Waals surface area contributed by atoms with Gasteiger partial charge in [0.1, 0.15) is 28.7 Å². The predicted molar refractivity (Wildman–Crippen MR) is 156 cm³/mol. The molecular weight excluding hydrogens is 564 g/mol. The van der Waals surface area contributed by atoms with E-state index in [0.29, 0.717) is 39.3 Å². The van der Waals surface area contributed by atoms with E-state index in [4.69, 9.17) is 16.1 Å². The predicted octanol–water partition coefficient (Wildman–Crippen LogP) is 6.07. The number of nitrogens with zero attached hydrogens (tertiary/aromatic N) is 4. The van der Waals surface area contributed by atoms with Crippen molar-refractivity contribution in [2.75, 3.05) is 44.6 Å². The van der Waals surface area contributed by atoms with Crippen LogP contribution in [0.5, 0.6) is 0 Å². The summed E-state index contributed by atoms with van der Waals surface area (Å²) in [5.41, 5.74) is 1.60.